The number of benzene rings is 2. The predicted octanol–water partition coefficient (Wildman–Crippen LogP) is 4.57. The van der Waals surface area contributed by atoms with Crippen LogP contribution in [0.15, 0.2) is 60.9 Å². The summed E-state index contributed by atoms with van der Waals surface area (Å²) in [4.78, 5) is 23.1. The minimum absolute atomic E-state index is 0.188. The molecule has 1 heterocycles. The van der Waals surface area contributed by atoms with E-state index in [0.29, 0.717) is 29.5 Å². The maximum atomic E-state index is 12.3. The number of anilines is 2. The molecule has 144 valence electrons. The van der Waals surface area contributed by atoms with E-state index in [4.69, 9.17) is 11.6 Å². The van der Waals surface area contributed by atoms with Crippen molar-refractivity contribution in [2.45, 2.75) is 20.3 Å². The smallest absolute Gasteiger partial charge is 0.254 e. The highest BCUT2D eigenvalue weighted by molar-refractivity contribution is 6.30. The summed E-state index contributed by atoms with van der Waals surface area (Å²) in [5.41, 5.74) is 3.72. The molecule has 6 heteroatoms. The van der Waals surface area contributed by atoms with Gasteiger partial charge in [-0.15, -0.1) is 0 Å². The van der Waals surface area contributed by atoms with E-state index < -0.39 is 0 Å². The molecule has 3 aromatic rings. The first-order chi connectivity index (χ1) is 13.6. The molecule has 0 aliphatic carbocycles. The highest BCUT2D eigenvalue weighted by Gasteiger charge is 2.12. The largest absolute Gasteiger partial charge is 0.352 e. The molecule has 0 unspecified atom stereocenters. The van der Waals surface area contributed by atoms with Crippen LogP contribution in [0.25, 0.3) is 0 Å². The second kappa shape index (κ2) is 9.33. The highest BCUT2D eigenvalue weighted by Crippen LogP contribution is 2.22. The number of nitrogens with zero attached hydrogens (tertiary/aromatic N) is 3. The molecule has 1 aromatic heterocycles. The number of amides is 1. The van der Waals surface area contributed by atoms with Gasteiger partial charge in [0.15, 0.2) is 0 Å². The van der Waals surface area contributed by atoms with Crippen LogP contribution < -0.4 is 10.2 Å². The van der Waals surface area contributed by atoms with Crippen molar-refractivity contribution in [2.24, 2.45) is 0 Å². The lowest BCUT2D eigenvalue weighted by molar-refractivity contribution is 0.0953. The Hall–Kier alpha value is -2.92. The van der Waals surface area contributed by atoms with Gasteiger partial charge in [-0.1, -0.05) is 35.9 Å². The van der Waals surface area contributed by atoms with Gasteiger partial charge >= 0.3 is 0 Å². The second-order valence-corrected chi connectivity index (χ2v) is 6.93. The third kappa shape index (κ3) is 5.08. The lowest BCUT2D eigenvalue weighted by Crippen LogP contribution is -2.26. The normalized spacial score (nSPS) is 10.5. The van der Waals surface area contributed by atoms with Gasteiger partial charge in [-0.25, -0.2) is 9.97 Å². The van der Waals surface area contributed by atoms with E-state index in [1.165, 1.54) is 5.56 Å². The molecule has 0 saturated carbocycles. The monoisotopic (exact) mass is 394 g/mol. The maximum absolute atomic E-state index is 12.3. The van der Waals surface area contributed by atoms with Gasteiger partial charge < -0.3 is 10.2 Å². The van der Waals surface area contributed by atoms with Crippen molar-refractivity contribution in [2.75, 3.05) is 18.0 Å². The zero-order chi connectivity index (χ0) is 19.9. The van der Waals surface area contributed by atoms with Gasteiger partial charge in [0.25, 0.3) is 5.91 Å². The van der Waals surface area contributed by atoms with Gasteiger partial charge in [0, 0.05) is 36.2 Å². The Kier molecular flexibility index (Phi) is 6.61. The van der Waals surface area contributed by atoms with Crippen LogP contribution in [0.5, 0.6) is 0 Å². The van der Waals surface area contributed by atoms with Gasteiger partial charge in [0.1, 0.15) is 0 Å². The number of carbonyl (C=O) groups is 1. The van der Waals surface area contributed by atoms with E-state index >= 15 is 0 Å². The van der Waals surface area contributed by atoms with Crippen molar-refractivity contribution in [3.63, 3.8) is 0 Å². The van der Waals surface area contributed by atoms with Gasteiger partial charge in [-0.05, 0) is 55.7 Å². The van der Waals surface area contributed by atoms with Crippen LogP contribution in [0.4, 0.5) is 11.6 Å². The number of nitrogens with one attached hydrogen (secondary N) is 1. The first-order valence-electron chi connectivity index (χ1n) is 9.25. The molecule has 0 bridgehead atoms. The fourth-order valence-electron chi connectivity index (χ4n) is 2.93. The Bertz CT molecular complexity index is 943. The first-order valence-corrected chi connectivity index (χ1v) is 9.63. The average molecular weight is 395 g/mol. The molecule has 1 amide bonds. The van der Waals surface area contributed by atoms with E-state index in [-0.39, 0.29) is 5.91 Å². The van der Waals surface area contributed by atoms with E-state index in [9.17, 15) is 4.79 Å². The molecule has 0 spiro atoms. The van der Waals surface area contributed by atoms with Gasteiger partial charge in [0.05, 0.1) is 5.56 Å². The number of hydrogen-bond donors (Lipinski definition) is 1. The molecular weight excluding hydrogens is 372 g/mol. The Morgan fingerprint density at radius 2 is 1.86 bits per heavy atom. The third-order valence-electron chi connectivity index (χ3n) is 4.36. The fourth-order valence-corrected chi connectivity index (χ4v) is 3.14. The number of halogens is 1. The van der Waals surface area contributed by atoms with Crippen molar-refractivity contribution in [3.8, 4) is 0 Å². The molecular formula is C22H23ClN4O. The minimum Gasteiger partial charge on any atom is -0.352 e. The molecule has 3 rings (SSSR count). The number of rotatable bonds is 7. The van der Waals surface area contributed by atoms with Crippen LogP contribution >= 0.6 is 11.6 Å². The predicted molar refractivity (Wildman–Crippen MR) is 113 cm³/mol. The molecule has 0 fully saturated rings. The molecule has 0 radical (unpaired) electrons. The molecule has 28 heavy (non-hydrogen) atoms. The van der Waals surface area contributed by atoms with Gasteiger partial charge in [-0.3, -0.25) is 4.79 Å². The summed E-state index contributed by atoms with van der Waals surface area (Å²) in [6.07, 6.45) is 3.84. The molecule has 0 atom stereocenters. The van der Waals surface area contributed by atoms with Crippen molar-refractivity contribution in [3.05, 3.63) is 82.6 Å². The summed E-state index contributed by atoms with van der Waals surface area (Å²) in [6, 6.07) is 15.8. The summed E-state index contributed by atoms with van der Waals surface area (Å²) in [5, 5.41) is 3.59. The zero-order valence-electron chi connectivity index (χ0n) is 16.0. The standard InChI is InChI=1S/C22H23ClN4O/c1-3-27(20-9-4-6-16(2)12-20)22-25-14-18(15-26-22)21(28)24-11-10-17-7-5-8-19(23)13-17/h4-9,12-15H,3,10-11H2,1-2H3,(H,24,28). The highest BCUT2D eigenvalue weighted by atomic mass is 35.5. The minimum atomic E-state index is -0.188. The summed E-state index contributed by atoms with van der Waals surface area (Å²) in [5.74, 6) is 0.385. The van der Waals surface area contributed by atoms with Gasteiger partial charge in [-0.2, -0.15) is 0 Å². The summed E-state index contributed by atoms with van der Waals surface area (Å²) >= 11 is 5.98. The van der Waals surface area contributed by atoms with Crippen molar-refractivity contribution < 1.29 is 4.79 Å². The van der Waals surface area contributed by atoms with E-state index in [0.717, 1.165) is 17.8 Å². The zero-order valence-corrected chi connectivity index (χ0v) is 16.8. The Morgan fingerprint density at radius 3 is 2.54 bits per heavy atom. The molecule has 0 aliphatic heterocycles. The summed E-state index contributed by atoms with van der Waals surface area (Å²) in [6.45, 7) is 5.34. The second-order valence-electron chi connectivity index (χ2n) is 6.49. The Balaban J connectivity index is 1.62. The average Bonchev–Trinajstić information content (AvgIpc) is 2.69. The number of hydrogen-bond acceptors (Lipinski definition) is 4. The lowest BCUT2D eigenvalue weighted by atomic mass is 10.1. The summed E-state index contributed by atoms with van der Waals surface area (Å²) < 4.78 is 0. The summed E-state index contributed by atoms with van der Waals surface area (Å²) in [7, 11) is 0. The maximum Gasteiger partial charge on any atom is 0.254 e. The molecule has 5 nitrogen and oxygen atoms in total. The van der Waals surface area contributed by atoms with Crippen LogP contribution in [0.3, 0.4) is 0 Å². The van der Waals surface area contributed by atoms with Crippen LogP contribution in [0.1, 0.15) is 28.4 Å². The van der Waals surface area contributed by atoms with Crippen LogP contribution in [-0.4, -0.2) is 29.0 Å². The Labute approximate surface area is 170 Å². The van der Waals surface area contributed by atoms with Crippen LogP contribution in [0, 0.1) is 6.92 Å². The van der Waals surface area contributed by atoms with Crippen molar-refractivity contribution in [1.82, 2.24) is 15.3 Å². The molecule has 2 aromatic carbocycles. The number of aryl methyl sites for hydroxylation is 1. The fraction of sp³-hybridized carbons (Fsp3) is 0.227. The SMILES string of the molecule is CCN(c1cccc(C)c1)c1ncc(C(=O)NCCc2cccc(Cl)c2)cn1. The van der Waals surface area contributed by atoms with Crippen LogP contribution in [0.2, 0.25) is 5.02 Å². The van der Waals surface area contributed by atoms with E-state index in [1.54, 1.807) is 12.4 Å². The van der Waals surface area contributed by atoms with Crippen LogP contribution in [-0.2, 0) is 6.42 Å². The lowest BCUT2D eigenvalue weighted by Gasteiger charge is -2.21. The first kappa shape index (κ1) is 19.8. The number of carbonyl (C=O) groups excluding carboxylic acids is 1. The molecule has 0 saturated heterocycles. The third-order valence-corrected chi connectivity index (χ3v) is 4.59. The van der Waals surface area contributed by atoms with E-state index in [1.807, 2.05) is 48.2 Å². The number of aromatic nitrogens is 2. The Morgan fingerprint density at radius 1 is 1.11 bits per heavy atom. The molecule has 1 N–H and O–H groups in total. The molecule has 0 aliphatic rings. The topological polar surface area (TPSA) is 58.1 Å². The van der Waals surface area contributed by atoms with Crippen molar-refractivity contribution >= 4 is 29.1 Å². The van der Waals surface area contributed by atoms with Gasteiger partial charge in [0.2, 0.25) is 5.95 Å². The quantitative estimate of drug-likeness (QED) is 0.637. The van der Waals surface area contributed by atoms with Crippen molar-refractivity contribution in [1.29, 1.82) is 0 Å². The van der Waals surface area contributed by atoms with E-state index in [2.05, 4.69) is 34.3 Å².